The summed E-state index contributed by atoms with van der Waals surface area (Å²) in [6.07, 6.45) is 1.29. The van der Waals surface area contributed by atoms with Crippen LogP contribution in [-0.4, -0.2) is 74.8 Å². The van der Waals surface area contributed by atoms with Crippen LogP contribution in [0.2, 0.25) is 0 Å². The molecule has 2 heterocycles. The second-order valence-electron chi connectivity index (χ2n) is 9.03. The van der Waals surface area contributed by atoms with Crippen LogP contribution in [0.4, 0.5) is 10.5 Å². The summed E-state index contributed by atoms with van der Waals surface area (Å²) in [5.41, 5.74) is 1.96. The number of hydrogen-bond donors (Lipinski definition) is 1. The number of carbonyl (C=O) groups is 3. The van der Waals surface area contributed by atoms with Gasteiger partial charge in [-0.15, -0.1) is 0 Å². The van der Waals surface area contributed by atoms with Gasteiger partial charge >= 0.3 is 6.09 Å². The van der Waals surface area contributed by atoms with Crippen molar-refractivity contribution in [1.29, 1.82) is 0 Å². The number of hydrogen-bond acceptors (Lipinski definition) is 7. The van der Waals surface area contributed by atoms with Crippen molar-refractivity contribution in [2.45, 2.75) is 30.7 Å². The number of nitrogens with zero attached hydrogens (tertiary/aromatic N) is 2. The predicted octanol–water partition coefficient (Wildman–Crippen LogP) is 2.45. The predicted molar refractivity (Wildman–Crippen MR) is 128 cm³/mol. The highest BCUT2D eigenvalue weighted by Gasteiger charge is 2.36. The molecule has 2 fully saturated rings. The zero-order valence-electron chi connectivity index (χ0n) is 19.6. The number of cyclic esters (lactones) is 1. The summed E-state index contributed by atoms with van der Waals surface area (Å²) in [7, 11) is -3.82. The summed E-state index contributed by atoms with van der Waals surface area (Å²) in [5, 5.41) is 9.53. The van der Waals surface area contributed by atoms with Crippen LogP contribution in [0.1, 0.15) is 39.1 Å². The van der Waals surface area contributed by atoms with Crippen LogP contribution in [0.5, 0.6) is 0 Å². The minimum atomic E-state index is -3.82. The van der Waals surface area contributed by atoms with Gasteiger partial charge in [-0.05, 0) is 38.0 Å². The number of sulfone groups is 1. The Bertz CT molecular complexity index is 1250. The number of Topliss-reactive ketones (excluding diaryl/α,β-unsaturated/α-hetero) is 1. The average Bonchev–Trinajstić information content (AvgIpc) is 3.23. The highest BCUT2D eigenvalue weighted by Crippen LogP contribution is 2.30. The molecule has 0 spiro atoms. The van der Waals surface area contributed by atoms with Gasteiger partial charge < -0.3 is 14.7 Å². The third kappa shape index (κ3) is 5.08. The maximum atomic E-state index is 13.3. The molecular weight excluding hydrogens is 472 g/mol. The third-order valence-electron chi connectivity index (χ3n) is 6.53. The number of anilines is 1. The topological polar surface area (TPSA) is 121 Å². The van der Waals surface area contributed by atoms with E-state index in [1.807, 2.05) is 31.2 Å². The van der Waals surface area contributed by atoms with Crippen molar-refractivity contribution in [2.75, 3.05) is 37.5 Å². The summed E-state index contributed by atoms with van der Waals surface area (Å²) in [6.45, 7) is 2.25. The lowest BCUT2D eigenvalue weighted by Gasteiger charge is -2.32. The Kier molecular flexibility index (Phi) is 6.95. The summed E-state index contributed by atoms with van der Waals surface area (Å²) in [5.74, 6) is -0.592. The number of piperidine rings is 1. The lowest BCUT2D eigenvalue weighted by molar-refractivity contribution is 0.0647. The first-order chi connectivity index (χ1) is 16.6. The van der Waals surface area contributed by atoms with Gasteiger partial charge in [-0.3, -0.25) is 14.5 Å². The standard InChI is InChI=1S/C25H28N2O7S/c1-16-3-5-17(6-4-16)23(29)18-9-11-26(12-10-18)24(30)21-8-7-19(13-22(21)35(2,32)33)27-20(14-28)15-34-25(27)31/h3-8,13,18,20,28H,9-12,14-15H2,1-2H3/t20-/m1/s1. The SMILES string of the molecule is Cc1ccc(C(=O)C2CCN(C(=O)c3ccc(N4C(=O)OC[C@H]4CO)cc3S(C)(=O)=O)CC2)cc1. The van der Waals surface area contributed by atoms with Gasteiger partial charge in [0.05, 0.1) is 23.1 Å². The van der Waals surface area contributed by atoms with Crippen LogP contribution < -0.4 is 4.90 Å². The highest BCUT2D eigenvalue weighted by molar-refractivity contribution is 7.90. The van der Waals surface area contributed by atoms with Crippen LogP contribution in [0.25, 0.3) is 0 Å². The second kappa shape index (κ2) is 9.79. The fraction of sp³-hybridized carbons (Fsp3) is 0.400. The molecule has 2 aliphatic heterocycles. The fourth-order valence-electron chi connectivity index (χ4n) is 4.52. The summed E-state index contributed by atoms with van der Waals surface area (Å²) in [6, 6.07) is 10.9. The quantitative estimate of drug-likeness (QED) is 0.605. The van der Waals surface area contributed by atoms with Gasteiger partial charge in [0.1, 0.15) is 6.61 Å². The smallest absolute Gasteiger partial charge is 0.414 e. The molecule has 10 heteroatoms. The van der Waals surface area contributed by atoms with E-state index in [2.05, 4.69) is 0 Å². The van der Waals surface area contributed by atoms with Crippen molar-refractivity contribution in [3.8, 4) is 0 Å². The highest BCUT2D eigenvalue weighted by atomic mass is 32.2. The molecule has 35 heavy (non-hydrogen) atoms. The Morgan fingerprint density at radius 1 is 1.09 bits per heavy atom. The first-order valence-corrected chi connectivity index (χ1v) is 13.3. The molecule has 2 saturated heterocycles. The third-order valence-corrected chi connectivity index (χ3v) is 7.67. The molecule has 186 valence electrons. The normalized spacial score (nSPS) is 19.1. The van der Waals surface area contributed by atoms with Crippen LogP contribution in [-0.2, 0) is 14.6 Å². The summed E-state index contributed by atoms with van der Waals surface area (Å²) < 4.78 is 30.1. The Balaban J connectivity index is 1.53. The van der Waals surface area contributed by atoms with Crippen LogP contribution in [0.15, 0.2) is 47.4 Å². The monoisotopic (exact) mass is 500 g/mol. The minimum Gasteiger partial charge on any atom is -0.447 e. The molecule has 0 aromatic heterocycles. The van der Waals surface area contributed by atoms with Gasteiger partial charge in [0.25, 0.3) is 5.91 Å². The molecule has 1 N–H and O–H groups in total. The van der Waals surface area contributed by atoms with Crippen molar-refractivity contribution in [3.05, 3.63) is 59.2 Å². The Morgan fingerprint density at radius 3 is 2.34 bits per heavy atom. The van der Waals surface area contributed by atoms with Crippen molar-refractivity contribution in [1.82, 2.24) is 4.90 Å². The van der Waals surface area contributed by atoms with Crippen LogP contribution >= 0.6 is 0 Å². The number of ether oxygens (including phenoxy) is 1. The maximum Gasteiger partial charge on any atom is 0.414 e. The van der Waals surface area contributed by atoms with Gasteiger partial charge in [-0.1, -0.05) is 29.8 Å². The van der Waals surface area contributed by atoms with Crippen LogP contribution in [0.3, 0.4) is 0 Å². The van der Waals surface area contributed by atoms with Crippen molar-refractivity contribution in [2.24, 2.45) is 5.92 Å². The molecular formula is C25H28N2O7S. The molecule has 2 amide bonds. The number of aliphatic hydroxyl groups is 1. The van der Waals surface area contributed by atoms with E-state index in [1.165, 1.54) is 23.1 Å². The van der Waals surface area contributed by atoms with E-state index in [-0.39, 0.29) is 41.1 Å². The van der Waals surface area contributed by atoms with E-state index in [0.29, 0.717) is 31.5 Å². The molecule has 4 rings (SSSR count). The number of benzene rings is 2. The molecule has 2 aromatic carbocycles. The van der Waals surface area contributed by atoms with Gasteiger partial charge in [-0.25, -0.2) is 13.2 Å². The molecule has 2 aliphatic rings. The Labute approximate surface area is 204 Å². The van der Waals surface area contributed by atoms with Gasteiger partial charge in [0.2, 0.25) is 0 Å². The molecule has 1 atom stereocenters. The molecule has 0 radical (unpaired) electrons. The number of aliphatic hydroxyl groups excluding tert-OH is 1. The lowest BCUT2D eigenvalue weighted by Crippen LogP contribution is -2.41. The molecule has 0 saturated carbocycles. The summed E-state index contributed by atoms with van der Waals surface area (Å²) >= 11 is 0. The molecule has 9 nitrogen and oxygen atoms in total. The zero-order chi connectivity index (χ0) is 25.3. The van der Waals surface area contributed by atoms with Crippen molar-refractivity contribution in [3.63, 3.8) is 0 Å². The second-order valence-corrected chi connectivity index (χ2v) is 11.0. The summed E-state index contributed by atoms with van der Waals surface area (Å²) in [4.78, 5) is 40.8. The molecule has 0 aliphatic carbocycles. The van der Waals surface area contributed by atoms with Gasteiger partial charge in [0.15, 0.2) is 15.6 Å². The molecule has 2 aromatic rings. The van der Waals surface area contributed by atoms with E-state index in [1.54, 1.807) is 4.90 Å². The Morgan fingerprint density at radius 2 is 1.74 bits per heavy atom. The number of rotatable bonds is 6. The fourth-order valence-corrected chi connectivity index (χ4v) is 5.41. The minimum absolute atomic E-state index is 0.00711. The lowest BCUT2D eigenvalue weighted by atomic mass is 9.88. The largest absolute Gasteiger partial charge is 0.447 e. The van der Waals surface area contributed by atoms with E-state index < -0.39 is 27.9 Å². The van der Waals surface area contributed by atoms with E-state index in [0.717, 1.165) is 11.8 Å². The maximum absolute atomic E-state index is 13.3. The van der Waals surface area contributed by atoms with E-state index in [9.17, 15) is 27.9 Å². The number of aryl methyl sites for hydroxylation is 1. The first kappa shape index (κ1) is 24.9. The van der Waals surface area contributed by atoms with E-state index in [4.69, 9.17) is 4.74 Å². The van der Waals surface area contributed by atoms with Gasteiger partial charge in [0, 0.05) is 36.5 Å². The zero-order valence-corrected chi connectivity index (χ0v) is 20.5. The number of carbonyl (C=O) groups excluding carboxylic acids is 3. The Hall–Kier alpha value is -3.24. The molecule has 0 bridgehead atoms. The van der Waals surface area contributed by atoms with Crippen LogP contribution in [0, 0.1) is 12.8 Å². The van der Waals surface area contributed by atoms with Crippen molar-refractivity contribution >= 4 is 33.3 Å². The van der Waals surface area contributed by atoms with Gasteiger partial charge in [-0.2, -0.15) is 0 Å². The first-order valence-electron chi connectivity index (χ1n) is 11.4. The average molecular weight is 501 g/mol. The number of ketones is 1. The molecule has 0 unspecified atom stereocenters. The van der Waals surface area contributed by atoms with E-state index >= 15 is 0 Å². The number of likely N-dealkylation sites (tertiary alicyclic amines) is 1. The number of amides is 2. The van der Waals surface area contributed by atoms with Crippen molar-refractivity contribution < 1.29 is 32.6 Å².